The summed E-state index contributed by atoms with van der Waals surface area (Å²) < 4.78 is 33.2. The lowest BCUT2D eigenvalue weighted by Gasteiger charge is -2.32. The summed E-state index contributed by atoms with van der Waals surface area (Å²) in [5.41, 5.74) is -0.436. The van der Waals surface area contributed by atoms with Gasteiger partial charge in [0, 0.05) is 18.7 Å². The molecule has 3 rings (SSSR count). The molecule has 1 fully saturated rings. The molecular formula is C17H20F2N3O3+. The Balaban J connectivity index is 1.55. The topological polar surface area (TPSA) is 70.2 Å². The van der Waals surface area contributed by atoms with Gasteiger partial charge >= 0.3 is 5.63 Å². The van der Waals surface area contributed by atoms with E-state index in [1.165, 1.54) is 29.1 Å². The molecule has 1 aromatic heterocycles. The van der Waals surface area contributed by atoms with Crippen molar-refractivity contribution in [2.45, 2.75) is 32.2 Å². The van der Waals surface area contributed by atoms with Crippen molar-refractivity contribution < 1.29 is 22.8 Å². The molecule has 0 aliphatic carbocycles. The lowest BCUT2D eigenvalue weighted by atomic mass is 9.91. The molecule has 1 N–H and O–H groups in total. The average molecular weight is 352 g/mol. The second-order valence-corrected chi connectivity index (χ2v) is 6.36. The molecule has 0 spiro atoms. The van der Waals surface area contributed by atoms with Gasteiger partial charge in [-0.1, -0.05) is 10.7 Å². The molecule has 1 saturated heterocycles. The van der Waals surface area contributed by atoms with Crippen molar-refractivity contribution in [1.82, 2.24) is 10.2 Å². The van der Waals surface area contributed by atoms with E-state index in [1.54, 1.807) is 4.90 Å². The van der Waals surface area contributed by atoms with Gasteiger partial charge in [0.15, 0.2) is 0 Å². The molecule has 0 radical (unpaired) electrons. The molecular weight excluding hydrogens is 332 g/mol. The van der Waals surface area contributed by atoms with Crippen LogP contribution in [0.3, 0.4) is 0 Å². The number of hydrogen-bond donors (Lipinski definition) is 1. The molecule has 2 heterocycles. The molecule has 25 heavy (non-hydrogen) atoms. The zero-order valence-electron chi connectivity index (χ0n) is 13.7. The minimum Gasteiger partial charge on any atom is -0.337 e. The first kappa shape index (κ1) is 17.3. The van der Waals surface area contributed by atoms with Crippen molar-refractivity contribution >= 4 is 5.91 Å². The Morgan fingerprint density at radius 3 is 2.80 bits per heavy atom. The van der Waals surface area contributed by atoms with E-state index in [0.29, 0.717) is 25.9 Å². The third-order valence-corrected chi connectivity index (χ3v) is 4.57. The predicted molar refractivity (Wildman–Crippen MR) is 83.5 cm³/mol. The highest BCUT2D eigenvalue weighted by Gasteiger charge is 2.26. The van der Waals surface area contributed by atoms with Crippen LogP contribution in [0.5, 0.6) is 0 Å². The molecule has 0 bridgehead atoms. The molecule has 0 unspecified atom stereocenters. The number of H-pyrrole nitrogens is 1. The van der Waals surface area contributed by atoms with Crippen LogP contribution in [0.25, 0.3) is 0 Å². The van der Waals surface area contributed by atoms with Crippen molar-refractivity contribution in [3.8, 4) is 0 Å². The van der Waals surface area contributed by atoms with Crippen LogP contribution in [0.15, 0.2) is 33.7 Å². The first-order chi connectivity index (χ1) is 12.0. The molecule has 134 valence electrons. The standard InChI is InChI=1S/C17H19F2N3O3/c18-14-4-1-5-15(19)13(14)7-6-12-3-2-8-21(9-12)16(23)10-22-11-17(24)25-20-22/h1,4-5,11-12H,2-3,6-10H2/p+1/t12-/m1/s1. The SMILES string of the molecule is O=C(C[n+]1cc(=O)o[nH]1)N1CCC[C@H](CCc2c(F)cccc2F)C1. The average Bonchev–Trinajstić information content (AvgIpc) is 2.99. The molecule has 1 aliphatic rings. The van der Waals surface area contributed by atoms with Crippen LogP contribution in [0.2, 0.25) is 0 Å². The number of aromatic amines is 1. The largest absolute Gasteiger partial charge is 0.426 e. The van der Waals surface area contributed by atoms with E-state index in [1.807, 2.05) is 0 Å². The summed E-state index contributed by atoms with van der Waals surface area (Å²) in [5, 5.41) is 2.34. The first-order valence-corrected chi connectivity index (χ1v) is 8.31. The molecule has 1 aliphatic heterocycles. The maximum Gasteiger partial charge on any atom is 0.426 e. The number of piperidine rings is 1. The molecule has 1 atom stereocenters. The number of likely N-dealkylation sites (tertiary alicyclic amines) is 1. The number of hydrogen-bond acceptors (Lipinski definition) is 3. The highest BCUT2D eigenvalue weighted by Crippen LogP contribution is 2.23. The molecule has 8 heteroatoms. The highest BCUT2D eigenvalue weighted by atomic mass is 19.1. The number of halogens is 2. The maximum absolute atomic E-state index is 13.7. The van der Waals surface area contributed by atoms with E-state index in [2.05, 4.69) is 9.79 Å². The van der Waals surface area contributed by atoms with E-state index >= 15 is 0 Å². The van der Waals surface area contributed by atoms with Crippen molar-refractivity contribution in [2.75, 3.05) is 13.1 Å². The van der Waals surface area contributed by atoms with Gasteiger partial charge in [-0.05, 0) is 49.0 Å². The van der Waals surface area contributed by atoms with Gasteiger partial charge in [-0.2, -0.15) is 0 Å². The minimum absolute atomic E-state index is 0.000398. The van der Waals surface area contributed by atoms with Crippen LogP contribution in [0.1, 0.15) is 24.8 Å². The van der Waals surface area contributed by atoms with Crippen LogP contribution in [0.4, 0.5) is 8.78 Å². The van der Waals surface area contributed by atoms with Crippen LogP contribution < -0.4 is 10.3 Å². The summed E-state index contributed by atoms with van der Waals surface area (Å²) >= 11 is 0. The lowest BCUT2D eigenvalue weighted by molar-refractivity contribution is -0.751. The number of carbonyl (C=O) groups excluding carboxylic acids is 1. The zero-order valence-corrected chi connectivity index (χ0v) is 13.7. The van der Waals surface area contributed by atoms with Crippen molar-refractivity contribution in [2.24, 2.45) is 5.92 Å². The second-order valence-electron chi connectivity index (χ2n) is 6.36. The Hall–Kier alpha value is -2.51. The van der Waals surface area contributed by atoms with Gasteiger partial charge in [-0.15, -0.1) is 0 Å². The van der Waals surface area contributed by atoms with Gasteiger partial charge in [0.25, 0.3) is 18.6 Å². The van der Waals surface area contributed by atoms with Gasteiger partial charge in [0.1, 0.15) is 11.6 Å². The van der Waals surface area contributed by atoms with Gasteiger partial charge < -0.3 is 4.90 Å². The third-order valence-electron chi connectivity index (χ3n) is 4.57. The lowest BCUT2D eigenvalue weighted by Crippen LogP contribution is -2.48. The Bertz CT molecular complexity index is 782. The maximum atomic E-state index is 13.7. The highest BCUT2D eigenvalue weighted by molar-refractivity contribution is 5.74. The van der Waals surface area contributed by atoms with Gasteiger partial charge in [0.05, 0.1) is 0 Å². The van der Waals surface area contributed by atoms with E-state index in [0.717, 1.165) is 12.8 Å². The fourth-order valence-corrected chi connectivity index (χ4v) is 3.25. The Morgan fingerprint density at radius 2 is 2.12 bits per heavy atom. The summed E-state index contributed by atoms with van der Waals surface area (Å²) in [6.07, 6.45) is 3.89. The predicted octanol–water partition coefficient (Wildman–Crippen LogP) is 1.40. The van der Waals surface area contributed by atoms with Gasteiger partial charge in [-0.3, -0.25) is 9.32 Å². The molecule has 1 aromatic carbocycles. The molecule has 1 amide bonds. The smallest absolute Gasteiger partial charge is 0.337 e. The molecule has 2 aromatic rings. The number of nitrogens with one attached hydrogen (secondary N) is 1. The van der Waals surface area contributed by atoms with Gasteiger partial charge in [0.2, 0.25) is 0 Å². The van der Waals surface area contributed by atoms with Crippen LogP contribution in [-0.2, 0) is 17.8 Å². The van der Waals surface area contributed by atoms with E-state index < -0.39 is 17.3 Å². The number of rotatable bonds is 5. The third kappa shape index (κ3) is 4.32. The number of nitrogens with zero attached hydrogens (tertiary/aromatic N) is 2. The van der Waals surface area contributed by atoms with Crippen molar-refractivity contribution in [1.29, 1.82) is 0 Å². The monoisotopic (exact) mass is 352 g/mol. The Morgan fingerprint density at radius 1 is 1.36 bits per heavy atom. The van der Waals surface area contributed by atoms with Crippen LogP contribution >= 0.6 is 0 Å². The number of amides is 1. The fraction of sp³-hybridized carbons (Fsp3) is 0.471. The Kier molecular flexibility index (Phi) is 5.25. The molecule has 6 nitrogen and oxygen atoms in total. The first-order valence-electron chi connectivity index (χ1n) is 8.31. The Labute approximate surface area is 143 Å². The van der Waals surface area contributed by atoms with Crippen molar-refractivity contribution in [3.05, 3.63) is 52.0 Å². The van der Waals surface area contributed by atoms with Crippen LogP contribution in [-0.4, -0.2) is 29.2 Å². The van der Waals surface area contributed by atoms with Crippen molar-refractivity contribution in [3.63, 3.8) is 0 Å². The number of aromatic nitrogens is 2. The normalized spacial score (nSPS) is 17.7. The minimum atomic E-state index is -0.545. The summed E-state index contributed by atoms with van der Waals surface area (Å²) in [4.78, 5) is 25.0. The zero-order chi connectivity index (χ0) is 17.8. The summed E-state index contributed by atoms with van der Waals surface area (Å²) in [6.45, 7) is 1.20. The second kappa shape index (κ2) is 7.58. The summed E-state index contributed by atoms with van der Waals surface area (Å²) in [6, 6.07) is 3.88. The van der Waals surface area contributed by atoms with Gasteiger partial charge in [-0.25, -0.2) is 13.6 Å². The summed E-state index contributed by atoms with van der Waals surface area (Å²) in [7, 11) is 0. The number of carbonyl (C=O) groups is 1. The number of benzene rings is 1. The van der Waals surface area contributed by atoms with Crippen LogP contribution in [0, 0.1) is 17.6 Å². The fourth-order valence-electron chi connectivity index (χ4n) is 3.25. The summed E-state index contributed by atoms with van der Waals surface area (Å²) in [5.74, 6) is -0.970. The van der Waals surface area contributed by atoms with E-state index in [4.69, 9.17) is 0 Å². The van der Waals surface area contributed by atoms with E-state index in [9.17, 15) is 18.4 Å². The van der Waals surface area contributed by atoms with E-state index in [-0.39, 0.29) is 23.9 Å². The quantitative estimate of drug-likeness (QED) is 0.827. The molecule has 0 saturated carbocycles.